The molecule has 0 radical (unpaired) electrons. The van der Waals surface area contributed by atoms with Crippen LogP contribution in [0.3, 0.4) is 0 Å². The first-order chi connectivity index (χ1) is 20.6. The molecule has 9 nitrogen and oxygen atoms in total. The maximum Gasteiger partial charge on any atom is 0.324 e. The number of hydrogen-bond donors (Lipinski definition) is 3. The van der Waals surface area contributed by atoms with Crippen molar-refractivity contribution >= 4 is 51.8 Å². The standard InChI is InChI=1S/C33H34N6O3S/c1-21-10-12-22(13-11-21)39-30(19-28(38-39)33(2,3)4)37-32(41)35-26-14-15-27(25-9-7-6-8-24(25)26)43-23-16-17-34-29(18-23)36-31(40)20-42-5/h6-19H,20H2,1-5H3,(H,34,36,40)(H2,35,37,41). The van der Waals surface area contributed by atoms with Crippen molar-refractivity contribution in [1.82, 2.24) is 14.8 Å². The van der Waals surface area contributed by atoms with Gasteiger partial charge in [0, 0.05) is 40.0 Å². The van der Waals surface area contributed by atoms with Gasteiger partial charge in [-0.15, -0.1) is 0 Å². The Kier molecular flexibility index (Phi) is 8.79. The minimum atomic E-state index is -0.371. The molecule has 3 amide bonds. The number of carbonyl (C=O) groups excluding carboxylic acids is 2. The highest BCUT2D eigenvalue weighted by molar-refractivity contribution is 7.99. The number of anilines is 3. The van der Waals surface area contributed by atoms with Crippen molar-refractivity contribution in [2.75, 3.05) is 29.7 Å². The summed E-state index contributed by atoms with van der Waals surface area (Å²) in [7, 11) is 1.47. The van der Waals surface area contributed by atoms with Gasteiger partial charge in [0.15, 0.2) is 0 Å². The number of urea groups is 1. The van der Waals surface area contributed by atoms with Gasteiger partial charge in [-0.1, -0.05) is 74.5 Å². The molecule has 2 heterocycles. The fraction of sp³-hybridized carbons (Fsp3) is 0.212. The lowest BCUT2D eigenvalue weighted by Gasteiger charge is -2.14. The van der Waals surface area contributed by atoms with Crippen LogP contribution in [0.15, 0.2) is 94.9 Å². The van der Waals surface area contributed by atoms with E-state index in [4.69, 9.17) is 9.84 Å². The lowest BCUT2D eigenvalue weighted by Crippen LogP contribution is -2.21. The Morgan fingerprint density at radius 3 is 2.37 bits per heavy atom. The fourth-order valence-electron chi connectivity index (χ4n) is 4.44. The zero-order valence-corrected chi connectivity index (χ0v) is 25.6. The molecular weight excluding hydrogens is 560 g/mol. The Bertz CT molecular complexity index is 1780. The average molecular weight is 595 g/mol. The number of methoxy groups -OCH3 is 1. The summed E-state index contributed by atoms with van der Waals surface area (Å²) < 4.78 is 6.64. The molecule has 43 heavy (non-hydrogen) atoms. The number of benzene rings is 3. The van der Waals surface area contributed by atoms with E-state index < -0.39 is 0 Å². The van der Waals surface area contributed by atoms with E-state index in [1.165, 1.54) is 7.11 Å². The summed E-state index contributed by atoms with van der Waals surface area (Å²) in [6.07, 6.45) is 1.65. The first-order valence-corrected chi connectivity index (χ1v) is 14.6. The zero-order chi connectivity index (χ0) is 30.6. The number of aromatic nitrogens is 3. The summed E-state index contributed by atoms with van der Waals surface area (Å²) in [5.74, 6) is 0.757. The van der Waals surface area contributed by atoms with Crippen LogP contribution >= 0.6 is 11.8 Å². The number of carbonyl (C=O) groups is 2. The van der Waals surface area contributed by atoms with E-state index in [-0.39, 0.29) is 24.0 Å². The summed E-state index contributed by atoms with van der Waals surface area (Å²) in [6.45, 7) is 8.27. The van der Waals surface area contributed by atoms with Crippen molar-refractivity contribution in [2.45, 2.75) is 42.9 Å². The van der Waals surface area contributed by atoms with Crippen LogP contribution < -0.4 is 16.0 Å². The number of nitrogens with one attached hydrogen (secondary N) is 3. The molecule has 0 bridgehead atoms. The van der Waals surface area contributed by atoms with Gasteiger partial charge in [-0.25, -0.2) is 14.5 Å². The van der Waals surface area contributed by atoms with E-state index in [1.807, 2.05) is 85.8 Å². The molecule has 0 unspecified atom stereocenters. The largest absolute Gasteiger partial charge is 0.375 e. The molecule has 2 aromatic heterocycles. The number of fused-ring (bicyclic) bond motifs is 1. The molecule has 0 atom stereocenters. The van der Waals surface area contributed by atoms with Crippen LogP contribution in [0.25, 0.3) is 16.5 Å². The van der Waals surface area contributed by atoms with Crippen molar-refractivity contribution in [2.24, 2.45) is 0 Å². The van der Waals surface area contributed by atoms with E-state index in [9.17, 15) is 9.59 Å². The highest BCUT2D eigenvalue weighted by Gasteiger charge is 2.22. The smallest absolute Gasteiger partial charge is 0.324 e. The second-order valence-corrected chi connectivity index (χ2v) is 12.2. The van der Waals surface area contributed by atoms with Gasteiger partial charge in [-0.3, -0.25) is 10.1 Å². The molecule has 0 fully saturated rings. The fourth-order valence-corrected chi connectivity index (χ4v) is 5.42. The summed E-state index contributed by atoms with van der Waals surface area (Å²) in [6, 6.07) is 25.0. The molecular formula is C33H34N6O3S. The Morgan fingerprint density at radius 1 is 0.907 bits per heavy atom. The second kappa shape index (κ2) is 12.7. The minimum Gasteiger partial charge on any atom is -0.375 e. The molecule has 220 valence electrons. The highest BCUT2D eigenvalue weighted by Crippen LogP contribution is 2.37. The number of ether oxygens (including phenoxy) is 1. The first-order valence-electron chi connectivity index (χ1n) is 13.8. The summed E-state index contributed by atoms with van der Waals surface area (Å²) >= 11 is 1.54. The number of hydrogen-bond acceptors (Lipinski definition) is 6. The van der Waals surface area contributed by atoms with Gasteiger partial charge in [0.1, 0.15) is 18.2 Å². The van der Waals surface area contributed by atoms with Gasteiger partial charge in [-0.05, 0) is 48.7 Å². The van der Waals surface area contributed by atoms with Crippen LogP contribution in [-0.4, -0.2) is 40.4 Å². The van der Waals surface area contributed by atoms with Gasteiger partial charge in [0.05, 0.1) is 17.1 Å². The lowest BCUT2D eigenvalue weighted by molar-refractivity contribution is -0.119. The molecule has 0 aliphatic heterocycles. The van der Waals surface area contributed by atoms with Crippen LogP contribution in [-0.2, 0) is 14.9 Å². The Hall–Kier alpha value is -4.67. The van der Waals surface area contributed by atoms with E-state index in [0.29, 0.717) is 17.3 Å². The van der Waals surface area contributed by atoms with Gasteiger partial charge in [0.25, 0.3) is 5.91 Å². The van der Waals surface area contributed by atoms with E-state index in [0.717, 1.165) is 37.5 Å². The molecule has 0 aliphatic carbocycles. The van der Waals surface area contributed by atoms with Crippen LogP contribution in [0.1, 0.15) is 32.0 Å². The molecule has 0 saturated heterocycles. The molecule has 3 N–H and O–H groups in total. The SMILES string of the molecule is COCC(=O)Nc1cc(Sc2ccc(NC(=O)Nc3cc(C(C)(C)C)nn3-c3ccc(C)cc3)c3ccccc23)ccn1. The van der Waals surface area contributed by atoms with Crippen molar-refractivity contribution in [3.05, 3.63) is 96.3 Å². The van der Waals surface area contributed by atoms with Gasteiger partial charge in [0.2, 0.25) is 0 Å². The van der Waals surface area contributed by atoms with Crippen LogP contribution in [0.4, 0.5) is 22.1 Å². The third kappa shape index (κ3) is 7.22. The Morgan fingerprint density at radius 2 is 1.65 bits per heavy atom. The molecule has 3 aromatic carbocycles. The average Bonchev–Trinajstić information content (AvgIpc) is 3.39. The zero-order valence-electron chi connectivity index (χ0n) is 24.8. The monoisotopic (exact) mass is 594 g/mol. The third-order valence-corrected chi connectivity index (χ3v) is 7.70. The summed E-state index contributed by atoms with van der Waals surface area (Å²) in [4.78, 5) is 31.4. The number of nitrogens with zero attached hydrogens (tertiary/aromatic N) is 3. The Labute approximate surface area is 255 Å². The lowest BCUT2D eigenvalue weighted by atomic mass is 9.92. The second-order valence-electron chi connectivity index (χ2n) is 11.1. The third-order valence-electron chi connectivity index (χ3n) is 6.63. The summed E-state index contributed by atoms with van der Waals surface area (Å²) in [5.41, 5.74) is 3.36. The topological polar surface area (TPSA) is 110 Å². The molecule has 0 spiro atoms. The molecule has 10 heteroatoms. The molecule has 5 aromatic rings. The molecule has 0 saturated carbocycles. The molecule has 5 rings (SSSR count). The van der Waals surface area contributed by atoms with Gasteiger partial charge < -0.3 is 15.4 Å². The van der Waals surface area contributed by atoms with Crippen molar-refractivity contribution in [3.63, 3.8) is 0 Å². The molecule has 0 aliphatic rings. The van der Waals surface area contributed by atoms with E-state index in [2.05, 4.69) is 41.7 Å². The number of pyridine rings is 1. The summed E-state index contributed by atoms with van der Waals surface area (Å²) in [5, 5.41) is 15.5. The van der Waals surface area contributed by atoms with Crippen LogP contribution in [0, 0.1) is 6.92 Å². The predicted molar refractivity (Wildman–Crippen MR) is 172 cm³/mol. The normalized spacial score (nSPS) is 11.4. The predicted octanol–water partition coefficient (Wildman–Crippen LogP) is 7.41. The van der Waals surface area contributed by atoms with Gasteiger partial charge in [-0.2, -0.15) is 5.10 Å². The maximum atomic E-state index is 13.4. The number of amides is 3. The minimum absolute atomic E-state index is 0.0439. The number of rotatable bonds is 8. The van der Waals surface area contributed by atoms with E-state index >= 15 is 0 Å². The first kappa shape index (κ1) is 29.8. The van der Waals surface area contributed by atoms with Crippen molar-refractivity contribution in [1.29, 1.82) is 0 Å². The van der Waals surface area contributed by atoms with Gasteiger partial charge >= 0.3 is 6.03 Å². The quantitative estimate of drug-likeness (QED) is 0.173. The maximum absolute atomic E-state index is 13.4. The van der Waals surface area contributed by atoms with Crippen molar-refractivity contribution < 1.29 is 14.3 Å². The number of aryl methyl sites for hydroxylation is 1. The van der Waals surface area contributed by atoms with Crippen LogP contribution in [0.2, 0.25) is 0 Å². The van der Waals surface area contributed by atoms with E-state index in [1.54, 1.807) is 22.6 Å². The Balaban J connectivity index is 1.38. The highest BCUT2D eigenvalue weighted by atomic mass is 32.2. The van der Waals surface area contributed by atoms with Crippen molar-refractivity contribution in [3.8, 4) is 5.69 Å². The van der Waals surface area contributed by atoms with Crippen LogP contribution in [0.5, 0.6) is 0 Å².